The fraction of sp³-hybridized carbons (Fsp3) is 0.214. The molecule has 2 aromatic rings. The fourth-order valence-electron chi connectivity index (χ4n) is 2.17. The van der Waals surface area contributed by atoms with Gasteiger partial charge >= 0.3 is 6.01 Å². The molecule has 0 radical (unpaired) electrons. The maximum Gasteiger partial charge on any atom is 0.323 e. The predicted octanol–water partition coefficient (Wildman–Crippen LogP) is 2.63. The van der Waals surface area contributed by atoms with Crippen LogP contribution in [0.5, 0.6) is 11.8 Å². The van der Waals surface area contributed by atoms with Crippen molar-refractivity contribution in [2.45, 2.75) is 19.3 Å². The zero-order chi connectivity index (χ0) is 12.4. The van der Waals surface area contributed by atoms with Crippen molar-refractivity contribution < 1.29 is 4.74 Å². The summed E-state index contributed by atoms with van der Waals surface area (Å²) in [7, 11) is 0. The molecular formula is C14H11N3O. The summed E-state index contributed by atoms with van der Waals surface area (Å²) in [6.45, 7) is 0. The van der Waals surface area contributed by atoms with Crippen LogP contribution in [0.1, 0.15) is 23.2 Å². The molecule has 0 spiro atoms. The number of aromatic nitrogens is 2. The molecule has 0 amide bonds. The zero-order valence-corrected chi connectivity index (χ0v) is 9.76. The maximum absolute atomic E-state index is 8.76. The van der Waals surface area contributed by atoms with Crippen molar-refractivity contribution in [2.24, 2.45) is 0 Å². The summed E-state index contributed by atoms with van der Waals surface area (Å²) in [4.78, 5) is 7.98. The van der Waals surface area contributed by atoms with E-state index in [1.54, 1.807) is 6.07 Å². The molecule has 1 aromatic heterocycles. The van der Waals surface area contributed by atoms with Gasteiger partial charge in [-0.1, -0.05) is 6.07 Å². The Labute approximate surface area is 105 Å². The zero-order valence-electron chi connectivity index (χ0n) is 9.76. The van der Waals surface area contributed by atoms with E-state index in [2.05, 4.69) is 16.0 Å². The molecule has 0 atom stereocenters. The van der Waals surface area contributed by atoms with E-state index in [4.69, 9.17) is 10.00 Å². The van der Waals surface area contributed by atoms with E-state index in [0.717, 1.165) is 18.6 Å². The van der Waals surface area contributed by atoms with Crippen molar-refractivity contribution >= 4 is 0 Å². The molecule has 0 fully saturated rings. The van der Waals surface area contributed by atoms with Gasteiger partial charge in [-0.2, -0.15) is 10.2 Å². The van der Waals surface area contributed by atoms with Crippen LogP contribution in [0.2, 0.25) is 0 Å². The second-order valence-electron chi connectivity index (χ2n) is 4.22. The molecule has 3 rings (SSSR count). The van der Waals surface area contributed by atoms with Crippen molar-refractivity contribution in [3.63, 3.8) is 0 Å². The van der Waals surface area contributed by atoms with Crippen LogP contribution >= 0.6 is 0 Å². The van der Waals surface area contributed by atoms with E-state index in [9.17, 15) is 0 Å². The first-order chi connectivity index (χ1) is 8.85. The number of aryl methyl sites for hydroxylation is 2. The molecule has 4 heteroatoms. The van der Waals surface area contributed by atoms with Gasteiger partial charge in [0.2, 0.25) is 0 Å². The van der Waals surface area contributed by atoms with E-state index in [1.807, 2.05) is 18.2 Å². The minimum atomic E-state index is 0.215. The van der Waals surface area contributed by atoms with Crippen LogP contribution in [-0.4, -0.2) is 9.97 Å². The molecule has 0 saturated carbocycles. The van der Waals surface area contributed by atoms with Crippen LogP contribution < -0.4 is 4.74 Å². The molecule has 18 heavy (non-hydrogen) atoms. The number of hydrogen-bond donors (Lipinski definition) is 0. The van der Waals surface area contributed by atoms with Gasteiger partial charge in [-0.05, 0) is 48.6 Å². The first-order valence-electron chi connectivity index (χ1n) is 5.88. The first-order valence-corrected chi connectivity index (χ1v) is 5.88. The highest BCUT2D eigenvalue weighted by molar-refractivity contribution is 5.39. The smallest absolute Gasteiger partial charge is 0.323 e. The molecule has 1 heterocycles. The van der Waals surface area contributed by atoms with E-state index in [0.29, 0.717) is 5.69 Å². The van der Waals surface area contributed by atoms with E-state index >= 15 is 0 Å². The van der Waals surface area contributed by atoms with Crippen LogP contribution in [0.3, 0.4) is 0 Å². The van der Waals surface area contributed by atoms with Crippen LogP contribution in [-0.2, 0) is 12.8 Å². The van der Waals surface area contributed by atoms with Crippen LogP contribution in [0.15, 0.2) is 30.5 Å². The summed E-state index contributed by atoms with van der Waals surface area (Å²) < 4.78 is 5.57. The lowest BCUT2D eigenvalue weighted by Gasteiger charge is -2.05. The van der Waals surface area contributed by atoms with Gasteiger partial charge in [0.15, 0.2) is 0 Å². The Kier molecular flexibility index (Phi) is 2.66. The Morgan fingerprint density at radius 2 is 2.06 bits per heavy atom. The quantitative estimate of drug-likeness (QED) is 0.805. The maximum atomic E-state index is 8.76. The van der Waals surface area contributed by atoms with Gasteiger partial charge in [0.05, 0.1) is 0 Å². The van der Waals surface area contributed by atoms with Gasteiger partial charge in [-0.25, -0.2) is 4.98 Å². The van der Waals surface area contributed by atoms with Gasteiger partial charge in [-0.3, -0.25) is 0 Å². The highest BCUT2D eigenvalue weighted by Gasteiger charge is 2.12. The molecule has 0 N–H and O–H groups in total. The third-order valence-corrected chi connectivity index (χ3v) is 3.03. The number of ether oxygens (including phenoxy) is 1. The average Bonchev–Trinajstić information content (AvgIpc) is 2.86. The highest BCUT2D eigenvalue weighted by atomic mass is 16.5. The van der Waals surface area contributed by atoms with Crippen molar-refractivity contribution in [2.75, 3.05) is 0 Å². The second kappa shape index (κ2) is 4.46. The van der Waals surface area contributed by atoms with E-state index < -0.39 is 0 Å². The number of rotatable bonds is 2. The molecular weight excluding hydrogens is 226 g/mol. The monoisotopic (exact) mass is 237 g/mol. The molecule has 88 valence electrons. The van der Waals surface area contributed by atoms with Crippen molar-refractivity contribution in [1.29, 1.82) is 5.26 Å². The van der Waals surface area contributed by atoms with E-state index in [-0.39, 0.29) is 6.01 Å². The molecule has 1 aliphatic rings. The number of fused-ring (bicyclic) bond motifs is 1. The predicted molar refractivity (Wildman–Crippen MR) is 65.3 cm³/mol. The molecule has 0 aliphatic heterocycles. The number of nitrogens with zero attached hydrogens (tertiary/aromatic N) is 3. The normalized spacial score (nSPS) is 12.8. The summed E-state index contributed by atoms with van der Waals surface area (Å²) in [6.07, 6.45) is 4.98. The summed E-state index contributed by atoms with van der Waals surface area (Å²) >= 11 is 0. The summed E-state index contributed by atoms with van der Waals surface area (Å²) in [5.74, 6) is 0.728. The lowest BCUT2D eigenvalue weighted by Crippen LogP contribution is -1.94. The summed E-state index contributed by atoms with van der Waals surface area (Å²) in [6, 6.07) is 9.77. The topological polar surface area (TPSA) is 58.8 Å². The summed E-state index contributed by atoms with van der Waals surface area (Å²) in [5, 5.41) is 8.76. The van der Waals surface area contributed by atoms with Gasteiger partial charge in [0, 0.05) is 6.20 Å². The Balaban J connectivity index is 1.86. The van der Waals surface area contributed by atoms with Crippen LogP contribution in [0, 0.1) is 11.3 Å². The minimum Gasteiger partial charge on any atom is -0.424 e. The molecule has 1 aromatic carbocycles. The average molecular weight is 237 g/mol. The lowest BCUT2D eigenvalue weighted by molar-refractivity contribution is 0.440. The van der Waals surface area contributed by atoms with Gasteiger partial charge in [0.25, 0.3) is 0 Å². The Morgan fingerprint density at radius 1 is 1.17 bits per heavy atom. The van der Waals surface area contributed by atoms with Gasteiger partial charge in [0.1, 0.15) is 17.5 Å². The van der Waals surface area contributed by atoms with Crippen molar-refractivity contribution in [3.05, 3.63) is 47.3 Å². The number of benzene rings is 1. The molecule has 0 bridgehead atoms. The largest absolute Gasteiger partial charge is 0.424 e. The molecule has 4 nitrogen and oxygen atoms in total. The Hall–Kier alpha value is -2.41. The molecule has 1 aliphatic carbocycles. The molecule has 0 saturated heterocycles. The Morgan fingerprint density at radius 3 is 2.94 bits per heavy atom. The van der Waals surface area contributed by atoms with Crippen molar-refractivity contribution in [1.82, 2.24) is 9.97 Å². The van der Waals surface area contributed by atoms with Crippen LogP contribution in [0.25, 0.3) is 0 Å². The lowest BCUT2D eigenvalue weighted by atomic mass is 10.1. The fourth-order valence-corrected chi connectivity index (χ4v) is 2.17. The van der Waals surface area contributed by atoms with Gasteiger partial charge < -0.3 is 4.74 Å². The third kappa shape index (κ3) is 2.03. The number of nitriles is 1. The van der Waals surface area contributed by atoms with Gasteiger partial charge in [-0.15, -0.1) is 0 Å². The second-order valence-corrected chi connectivity index (χ2v) is 4.22. The minimum absolute atomic E-state index is 0.215. The summed E-state index contributed by atoms with van der Waals surface area (Å²) in [5.41, 5.74) is 3.04. The van der Waals surface area contributed by atoms with E-state index in [1.165, 1.54) is 23.7 Å². The third-order valence-electron chi connectivity index (χ3n) is 3.03. The van der Waals surface area contributed by atoms with Crippen LogP contribution in [0.4, 0.5) is 0 Å². The number of hydrogen-bond acceptors (Lipinski definition) is 4. The Bertz CT molecular complexity index is 631. The van der Waals surface area contributed by atoms with Crippen molar-refractivity contribution in [3.8, 4) is 17.8 Å². The molecule has 0 unspecified atom stereocenters. The SMILES string of the molecule is N#Cc1ccnc(Oc2ccc3c(c2)CCC3)n1. The standard InChI is InChI=1S/C14H11N3O/c15-9-12-6-7-16-14(17-12)18-13-5-4-10-2-1-3-11(10)8-13/h4-8H,1-3H2. The first kappa shape index (κ1) is 10.7. The highest BCUT2D eigenvalue weighted by Crippen LogP contribution is 2.27.